The lowest BCUT2D eigenvalue weighted by Crippen LogP contribution is -2.28. The van der Waals surface area contributed by atoms with E-state index < -0.39 is 0 Å². The number of carbonyl (C=O) groups excluding carboxylic acids is 2. The van der Waals surface area contributed by atoms with E-state index in [-0.39, 0.29) is 11.8 Å². The van der Waals surface area contributed by atoms with Gasteiger partial charge in [0.25, 0.3) is 11.8 Å². The smallest absolute Gasteiger partial charge is 0.279 e. The molecule has 39 heavy (non-hydrogen) atoms. The summed E-state index contributed by atoms with van der Waals surface area (Å²) in [7, 11) is 1.70. The molecular formula is C28H35N7O2S2. The summed E-state index contributed by atoms with van der Waals surface area (Å²) >= 11 is 2.48. The fourth-order valence-electron chi connectivity index (χ4n) is 4.46. The second-order valence-corrected chi connectivity index (χ2v) is 12.0. The predicted octanol–water partition coefficient (Wildman–Crippen LogP) is 4.97. The number of aryl methyl sites for hydroxylation is 1. The number of nitrogens with two attached hydrogens (primary N) is 1. The summed E-state index contributed by atoms with van der Waals surface area (Å²) in [4.78, 5) is 30.4. The minimum atomic E-state index is -0.260. The van der Waals surface area contributed by atoms with Crippen LogP contribution in [-0.4, -0.2) is 45.7 Å². The van der Waals surface area contributed by atoms with E-state index in [2.05, 4.69) is 51.5 Å². The van der Waals surface area contributed by atoms with Gasteiger partial charge in [-0.3, -0.25) is 9.59 Å². The minimum absolute atomic E-state index is 0.0519. The molecule has 0 saturated heterocycles. The van der Waals surface area contributed by atoms with Crippen LogP contribution in [-0.2, 0) is 12.8 Å². The van der Waals surface area contributed by atoms with Gasteiger partial charge < -0.3 is 21.7 Å². The van der Waals surface area contributed by atoms with Crippen molar-refractivity contribution in [3.63, 3.8) is 0 Å². The lowest BCUT2D eigenvalue weighted by molar-refractivity contribution is 0.0958. The molecule has 0 aliphatic heterocycles. The van der Waals surface area contributed by atoms with Gasteiger partial charge in [-0.05, 0) is 60.4 Å². The van der Waals surface area contributed by atoms with Crippen molar-refractivity contribution in [3.05, 3.63) is 64.3 Å². The molecule has 11 heteroatoms. The number of fused-ring (bicyclic) bond motifs is 2. The predicted molar refractivity (Wildman–Crippen MR) is 160 cm³/mol. The Morgan fingerprint density at radius 3 is 2.56 bits per heavy atom. The molecule has 0 bridgehead atoms. The second-order valence-electron chi connectivity index (χ2n) is 10.5. The molecule has 0 saturated carbocycles. The van der Waals surface area contributed by atoms with Gasteiger partial charge in [0.05, 0.1) is 16.6 Å². The zero-order chi connectivity index (χ0) is 28.0. The molecule has 9 nitrogen and oxygen atoms in total. The lowest BCUT2D eigenvalue weighted by atomic mass is 9.71. The normalized spacial score (nSPS) is 14.6. The zero-order valence-corrected chi connectivity index (χ0v) is 24.3. The van der Waals surface area contributed by atoms with Crippen molar-refractivity contribution in [1.82, 2.24) is 19.0 Å². The van der Waals surface area contributed by atoms with Gasteiger partial charge >= 0.3 is 0 Å². The van der Waals surface area contributed by atoms with Crippen molar-refractivity contribution in [2.45, 2.75) is 40.0 Å². The number of amides is 2. The Balaban J connectivity index is 0.000000193. The number of rotatable bonds is 6. The zero-order valence-electron chi connectivity index (χ0n) is 22.7. The number of para-hydroxylation sites is 1. The van der Waals surface area contributed by atoms with Crippen LogP contribution in [0.15, 0.2) is 42.5 Å². The van der Waals surface area contributed by atoms with E-state index in [1.54, 1.807) is 7.05 Å². The van der Waals surface area contributed by atoms with Crippen molar-refractivity contribution in [2.24, 2.45) is 17.1 Å². The Labute approximate surface area is 237 Å². The largest absolute Gasteiger partial charge is 0.370 e. The molecule has 0 spiro atoms. The molecule has 1 atom stereocenters. The standard InChI is InChI=1S/C18H25N3OS.C10H10N4OS/c1-18(2,3)13-4-5-14-11(9-13)8-12-10-15(23-17(12)21-14)16(22)20-7-6-19;1-11-9-8(13-16-14-9)10(15)12-7-5-3-2-4-6-7/h8,10,13H,4-7,9,19H2,1-3H3,(H,20,22);2-6H,1H3,(H,11,14)(H,12,15). The van der Waals surface area contributed by atoms with E-state index in [0.29, 0.717) is 35.9 Å². The summed E-state index contributed by atoms with van der Waals surface area (Å²) in [6, 6.07) is 13.4. The average molecular weight is 566 g/mol. The quantitative estimate of drug-likeness (QED) is 0.259. The van der Waals surface area contributed by atoms with Crippen molar-refractivity contribution in [1.29, 1.82) is 0 Å². The monoisotopic (exact) mass is 565 g/mol. The first-order valence-corrected chi connectivity index (χ1v) is 14.5. The molecule has 1 aromatic carbocycles. The topological polar surface area (TPSA) is 135 Å². The number of hydrogen-bond acceptors (Lipinski definition) is 9. The molecule has 3 heterocycles. The van der Waals surface area contributed by atoms with Crippen LogP contribution in [0.2, 0.25) is 0 Å². The molecule has 4 aromatic rings. The lowest BCUT2D eigenvalue weighted by Gasteiger charge is -2.34. The third-order valence-corrected chi connectivity index (χ3v) is 8.30. The van der Waals surface area contributed by atoms with Gasteiger partial charge in [-0.15, -0.1) is 11.3 Å². The SMILES string of the molecule is CC(C)(C)C1CCc2nc3sc(C(=O)NCCN)cc3cc2C1.CNc1nsnc1C(=O)Nc1ccccc1. The highest BCUT2D eigenvalue weighted by Gasteiger charge is 2.29. The first-order valence-electron chi connectivity index (χ1n) is 13.0. The maximum Gasteiger partial charge on any atom is 0.279 e. The van der Waals surface area contributed by atoms with Crippen molar-refractivity contribution in [3.8, 4) is 0 Å². The first kappa shape index (κ1) is 28.6. The molecule has 1 aliphatic carbocycles. The fourth-order valence-corrected chi connectivity index (χ4v) is 5.96. The minimum Gasteiger partial charge on any atom is -0.370 e. The number of hydrogen-bond donors (Lipinski definition) is 4. The second kappa shape index (κ2) is 12.6. The van der Waals surface area contributed by atoms with Crippen LogP contribution in [0.1, 0.15) is 58.6 Å². The van der Waals surface area contributed by atoms with Gasteiger partial charge in [0.15, 0.2) is 11.5 Å². The van der Waals surface area contributed by atoms with Crippen LogP contribution in [0.4, 0.5) is 11.5 Å². The number of aromatic nitrogens is 3. The fraction of sp³-hybridized carbons (Fsp3) is 0.393. The number of thiophene rings is 1. The molecular weight excluding hydrogens is 530 g/mol. The average Bonchev–Trinajstić information content (AvgIpc) is 3.57. The molecule has 1 aliphatic rings. The summed E-state index contributed by atoms with van der Waals surface area (Å²) in [6.45, 7) is 7.92. The van der Waals surface area contributed by atoms with Crippen LogP contribution in [0.5, 0.6) is 0 Å². The van der Waals surface area contributed by atoms with E-state index in [1.807, 2.05) is 36.4 Å². The van der Waals surface area contributed by atoms with Gasteiger partial charge in [0.1, 0.15) is 4.83 Å². The van der Waals surface area contributed by atoms with Crippen molar-refractivity contribution >= 4 is 56.6 Å². The highest BCUT2D eigenvalue weighted by atomic mass is 32.1. The number of nitrogens with one attached hydrogen (secondary N) is 3. The van der Waals surface area contributed by atoms with Gasteiger partial charge in [0.2, 0.25) is 0 Å². The Morgan fingerprint density at radius 1 is 1.10 bits per heavy atom. The Morgan fingerprint density at radius 2 is 1.87 bits per heavy atom. The molecule has 1 unspecified atom stereocenters. The molecule has 5 rings (SSSR count). The summed E-state index contributed by atoms with van der Waals surface area (Å²) in [5.41, 5.74) is 9.39. The molecule has 2 amide bonds. The number of nitrogens with zero attached hydrogens (tertiary/aromatic N) is 3. The van der Waals surface area contributed by atoms with E-state index in [4.69, 9.17) is 10.7 Å². The Bertz CT molecular complexity index is 1430. The van der Waals surface area contributed by atoms with Crippen molar-refractivity contribution < 1.29 is 9.59 Å². The molecule has 0 radical (unpaired) electrons. The molecule has 206 valence electrons. The van der Waals surface area contributed by atoms with Gasteiger partial charge in [-0.25, -0.2) is 4.98 Å². The molecule has 5 N–H and O–H groups in total. The molecule has 3 aromatic heterocycles. The summed E-state index contributed by atoms with van der Waals surface area (Å²) < 4.78 is 7.90. The van der Waals surface area contributed by atoms with Crippen LogP contribution in [0.25, 0.3) is 10.2 Å². The van der Waals surface area contributed by atoms with E-state index in [1.165, 1.54) is 29.0 Å². The van der Waals surface area contributed by atoms with Crippen LogP contribution in [0.3, 0.4) is 0 Å². The number of carbonyl (C=O) groups is 2. The van der Waals surface area contributed by atoms with Crippen molar-refractivity contribution in [2.75, 3.05) is 30.8 Å². The Kier molecular flexibility index (Phi) is 9.26. The summed E-state index contributed by atoms with van der Waals surface area (Å²) in [5, 5.41) is 9.47. The number of benzene rings is 1. The van der Waals surface area contributed by atoms with Gasteiger partial charge in [0, 0.05) is 36.9 Å². The maximum absolute atomic E-state index is 12.1. The maximum atomic E-state index is 12.1. The van der Waals surface area contributed by atoms with Gasteiger partial charge in [-0.1, -0.05) is 39.0 Å². The van der Waals surface area contributed by atoms with Crippen LogP contribution >= 0.6 is 23.1 Å². The van der Waals surface area contributed by atoms with E-state index >= 15 is 0 Å². The Hall–Kier alpha value is -3.41. The summed E-state index contributed by atoms with van der Waals surface area (Å²) in [6.07, 6.45) is 3.33. The highest BCUT2D eigenvalue weighted by molar-refractivity contribution is 7.20. The third-order valence-electron chi connectivity index (χ3n) is 6.72. The van der Waals surface area contributed by atoms with Crippen LogP contribution < -0.4 is 21.7 Å². The third kappa shape index (κ3) is 7.17. The molecule has 0 fully saturated rings. The van der Waals surface area contributed by atoms with E-state index in [0.717, 1.165) is 45.4 Å². The number of pyridine rings is 1. The van der Waals surface area contributed by atoms with E-state index in [9.17, 15) is 9.59 Å². The highest BCUT2D eigenvalue weighted by Crippen LogP contribution is 2.38. The summed E-state index contributed by atoms with van der Waals surface area (Å²) in [5.74, 6) is 0.881. The first-order chi connectivity index (χ1) is 18.7. The number of anilines is 2. The van der Waals surface area contributed by atoms with Crippen LogP contribution in [0, 0.1) is 11.3 Å². The van der Waals surface area contributed by atoms with Gasteiger partial charge in [-0.2, -0.15) is 8.75 Å².